The third-order valence-electron chi connectivity index (χ3n) is 5.80. The Bertz CT molecular complexity index is 987. The molecule has 0 spiro atoms. The Kier molecular flexibility index (Phi) is 4.11. The molecule has 2 amide bonds. The van der Waals surface area contributed by atoms with Crippen LogP contribution in [-0.2, 0) is 16.1 Å². The second kappa shape index (κ2) is 6.68. The molecule has 5 rings (SSSR count). The van der Waals surface area contributed by atoms with E-state index in [1.807, 2.05) is 40.8 Å². The summed E-state index contributed by atoms with van der Waals surface area (Å²) in [5.41, 5.74) is 7.34. The Morgan fingerprint density at radius 2 is 2.14 bits per heavy atom. The van der Waals surface area contributed by atoms with Crippen LogP contribution in [0.3, 0.4) is 0 Å². The van der Waals surface area contributed by atoms with Crippen molar-refractivity contribution in [2.75, 3.05) is 29.6 Å². The van der Waals surface area contributed by atoms with Crippen molar-refractivity contribution in [3.05, 3.63) is 24.4 Å². The van der Waals surface area contributed by atoms with Crippen molar-refractivity contribution in [1.29, 1.82) is 0 Å². The summed E-state index contributed by atoms with van der Waals surface area (Å²) in [5, 5.41) is 0. The van der Waals surface area contributed by atoms with Crippen molar-refractivity contribution >= 4 is 23.5 Å². The summed E-state index contributed by atoms with van der Waals surface area (Å²) in [7, 11) is 0. The number of carbonyl (C=O) groups is 2. The number of primary amides is 1. The van der Waals surface area contributed by atoms with Gasteiger partial charge in [0.05, 0.1) is 18.2 Å². The van der Waals surface area contributed by atoms with Gasteiger partial charge in [-0.25, -0.2) is 9.78 Å². The SMILES string of the molecule is C[C@@H]1COC(=O)N1c1cn2c(n1)-c1ccc(N3CCC[C@H]3C(N)=O)cc1OCC2. The van der Waals surface area contributed by atoms with Crippen molar-refractivity contribution in [3.8, 4) is 17.1 Å². The van der Waals surface area contributed by atoms with E-state index in [2.05, 4.69) is 0 Å². The molecule has 4 heterocycles. The maximum absolute atomic E-state index is 12.1. The molecular weight excluding hydrogens is 374 g/mol. The molecule has 29 heavy (non-hydrogen) atoms. The van der Waals surface area contributed by atoms with Crippen LogP contribution < -0.4 is 20.3 Å². The van der Waals surface area contributed by atoms with Gasteiger partial charge in [-0.3, -0.25) is 9.69 Å². The summed E-state index contributed by atoms with van der Waals surface area (Å²) in [6, 6.07) is 5.55. The number of fused-ring (bicyclic) bond motifs is 3. The van der Waals surface area contributed by atoms with Crippen LogP contribution in [0.1, 0.15) is 19.8 Å². The largest absolute Gasteiger partial charge is 0.491 e. The molecule has 0 bridgehead atoms. The summed E-state index contributed by atoms with van der Waals surface area (Å²) >= 11 is 0. The molecule has 1 aromatic carbocycles. The lowest BCUT2D eigenvalue weighted by Crippen LogP contribution is -2.40. The van der Waals surface area contributed by atoms with E-state index in [-0.39, 0.29) is 24.1 Å². The summed E-state index contributed by atoms with van der Waals surface area (Å²) in [6.07, 6.45) is 3.20. The summed E-state index contributed by atoms with van der Waals surface area (Å²) in [6.45, 7) is 4.20. The number of ether oxygens (including phenoxy) is 2. The molecule has 3 aliphatic heterocycles. The van der Waals surface area contributed by atoms with Crippen molar-refractivity contribution < 1.29 is 19.1 Å². The number of carbonyl (C=O) groups excluding carboxylic acids is 2. The first kappa shape index (κ1) is 17.8. The second-order valence-corrected chi connectivity index (χ2v) is 7.69. The molecule has 0 unspecified atom stereocenters. The van der Waals surface area contributed by atoms with Gasteiger partial charge < -0.3 is 24.7 Å². The molecule has 0 aliphatic carbocycles. The highest BCUT2D eigenvalue weighted by Crippen LogP contribution is 2.38. The van der Waals surface area contributed by atoms with E-state index < -0.39 is 0 Å². The van der Waals surface area contributed by atoms with E-state index in [0.717, 1.165) is 36.5 Å². The quantitative estimate of drug-likeness (QED) is 0.846. The Morgan fingerprint density at radius 1 is 1.28 bits per heavy atom. The average Bonchev–Trinajstić information content (AvgIpc) is 3.39. The summed E-state index contributed by atoms with van der Waals surface area (Å²) in [5.74, 6) is 1.75. The van der Waals surface area contributed by atoms with E-state index in [4.69, 9.17) is 20.2 Å². The van der Waals surface area contributed by atoms with E-state index in [9.17, 15) is 9.59 Å². The lowest BCUT2D eigenvalue weighted by Gasteiger charge is -2.25. The Morgan fingerprint density at radius 3 is 2.90 bits per heavy atom. The average molecular weight is 397 g/mol. The van der Waals surface area contributed by atoms with E-state index in [0.29, 0.717) is 31.3 Å². The fraction of sp³-hybridized carbons (Fsp3) is 0.450. The topological polar surface area (TPSA) is 103 Å². The maximum Gasteiger partial charge on any atom is 0.415 e. The number of nitrogens with two attached hydrogens (primary N) is 1. The number of imidazole rings is 1. The Hall–Kier alpha value is -3.23. The third-order valence-corrected chi connectivity index (χ3v) is 5.80. The normalized spacial score (nSPS) is 23.3. The van der Waals surface area contributed by atoms with Crippen molar-refractivity contribution in [2.24, 2.45) is 5.73 Å². The number of nitrogens with zero attached hydrogens (tertiary/aromatic N) is 4. The zero-order valence-electron chi connectivity index (χ0n) is 16.2. The first-order valence-electron chi connectivity index (χ1n) is 9.89. The summed E-state index contributed by atoms with van der Waals surface area (Å²) < 4.78 is 13.1. The van der Waals surface area contributed by atoms with Crippen LogP contribution in [0.15, 0.2) is 24.4 Å². The number of anilines is 2. The van der Waals surface area contributed by atoms with E-state index in [1.165, 1.54) is 0 Å². The zero-order chi connectivity index (χ0) is 20.1. The van der Waals surface area contributed by atoms with Gasteiger partial charge in [0.2, 0.25) is 5.91 Å². The smallest absolute Gasteiger partial charge is 0.415 e. The molecule has 152 valence electrons. The van der Waals surface area contributed by atoms with Gasteiger partial charge in [-0.15, -0.1) is 0 Å². The van der Waals surface area contributed by atoms with Gasteiger partial charge in [-0.1, -0.05) is 0 Å². The molecule has 2 aromatic rings. The van der Waals surface area contributed by atoms with E-state index in [1.54, 1.807) is 4.90 Å². The van der Waals surface area contributed by atoms with Gasteiger partial charge in [0.1, 0.15) is 30.8 Å². The van der Waals surface area contributed by atoms with Gasteiger partial charge in [-0.05, 0) is 31.9 Å². The highest BCUT2D eigenvalue weighted by molar-refractivity contribution is 5.89. The summed E-state index contributed by atoms with van der Waals surface area (Å²) in [4.78, 5) is 32.2. The number of rotatable bonds is 3. The van der Waals surface area contributed by atoms with Crippen LogP contribution in [0.2, 0.25) is 0 Å². The monoisotopic (exact) mass is 397 g/mol. The molecule has 0 radical (unpaired) electrons. The lowest BCUT2D eigenvalue weighted by atomic mass is 10.1. The fourth-order valence-corrected chi connectivity index (χ4v) is 4.36. The molecule has 2 fully saturated rings. The highest BCUT2D eigenvalue weighted by atomic mass is 16.6. The van der Waals surface area contributed by atoms with Gasteiger partial charge in [0.15, 0.2) is 5.82 Å². The molecule has 3 aliphatic rings. The lowest BCUT2D eigenvalue weighted by molar-refractivity contribution is -0.119. The third kappa shape index (κ3) is 2.88. The standard InChI is InChI=1S/C20H23N5O4/c1-12-11-29-20(27)25(12)17-10-23-7-8-28-16-9-13(4-5-14(16)19(23)22-17)24-6-2-3-15(24)18(21)26/h4-5,9-10,12,15H,2-3,6-8,11H2,1H3,(H2,21,26)/t12-,15+/m1/s1. The van der Waals surface area contributed by atoms with E-state index >= 15 is 0 Å². The fourth-order valence-electron chi connectivity index (χ4n) is 4.36. The van der Waals surface area contributed by atoms with Crippen molar-refractivity contribution in [2.45, 2.75) is 38.4 Å². The zero-order valence-corrected chi connectivity index (χ0v) is 16.2. The Labute approximate surface area is 168 Å². The first-order valence-corrected chi connectivity index (χ1v) is 9.89. The van der Waals surface area contributed by atoms with Crippen LogP contribution in [0.25, 0.3) is 11.4 Å². The van der Waals surface area contributed by atoms with Crippen molar-refractivity contribution in [1.82, 2.24) is 9.55 Å². The number of benzene rings is 1. The minimum Gasteiger partial charge on any atom is -0.491 e. The molecule has 9 heteroatoms. The van der Waals surface area contributed by atoms with Gasteiger partial charge in [0.25, 0.3) is 0 Å². The maximum atomic E-state index is 12.1. The van der Waals surface area contributed by atoms with Crippen LogP contribution in [-0.4, -0.2) is 53.4 Å². The van der Waals surface area contributed by atoms with Crippen LogP contribution in [0.4, 0.5) is 16.3 Å². The minimum atomic E-state index is -0.371. The predicted molar refractivity (Wildman–Crippen MR) is 106 cm³/mol. The molecule has 0 saturated carbocycles. The molecular formula is C20H23N5O4. The van der Waals surface area contributed by atoms with Crippen LogP contribution >= 0.6 is 0 Å². The first-order chi connectivity index (χ1) is 14.0. The second-order valence-electron chi connectivity index (χ2n) is 7.69. The van der Waals surface area contributed by atoms with Gasteiger partial charge in [0, 0.05) is 24.5 Å². The highest BCUT2D eigenvalue weighted by Gasteiger charge is 2.34. The molecule has 2 atom stereocenters. The van der Waals surface area contributed by atoms with Crippen LogP contribution in [0, 0.1) is 0 Å². The minimum absolute atomic E-state index is 0.0550. The number of cyclic esters (lactones) is 1. The number of amides is 2. The number of aromatic nitrogens is 2. The molecule has 9 nitrogen and oxygen atoms in total. The van der Waals surface area contributed by atoms with Crippen LogP contribution in [0.5, 0.6) is 5.75 Å². The molecule has 2 saturated heterocycles. The van der Waals surface area contributed by atoms with Gasteiger partial charge in [-0.2, -0.15) is 0 Å². The molecule has 1 aromatic heterocycles. The molecule has 2 N–H and O–H groups in total. The van der Waals surface area contributed by atoms with Gasteiger partial charge >= 0.3 is 6.09 Å². The number of hydrogen-bond acceptors (Lipinski definition) is 6. The Balaban J connectivity index is 1.52. The number of hydrogen-bond donors (Lipinski definition) is 1. The predicted octanol–water partition coefficient (Wildman–Crippen LogP) is 1.74. The van der Waals surface area contributed by atoms with Crippen molar-refractivity contribution in [3.63, 3.8) is 0 Å².